The van der Waals surface area contributed by atoms with E-state index >= 15 is 0 Å². The Hall–Kier alpha value is -1.17. The van der Waals surface area contributed by atoms with Crippen molar-refractivity contribution in [3.8, 4) is 0 Å². The standard InChI is InChI=1S/C25H48N6O12/c26-12-2-1-11(5-30-4-10(34)6-32)40-22(12)42-20-13(27)3-14(31-24(29)25(38)8-39-9-25)21(19(20)37)43-23-18(36)16(28)17(35)15(7-33)41-23/h10-23,30,32-38H,1-9,26-28H2,(H2,29,31)/t10?,11-,12?,13-,14+,15?,16-,17?,18?,19?,20?,21?,22+,23+/m0/s1. The molecule has 4 aliphatic rings. The highest BCUT2D eigenvalue weighted by atomic mass is 16.7. The van der Waals surface area contributed by atoms with Crippen LogP contribution < -0.4 is 28.3 Å². The van der Waals surface area contributed by atoms with Crippen LogP contribution in [-0.4, -0.2) is 172 Å². The number of aliphatic hydroxyl groups excluding tert-OH is 6. The highest BCUT2D eigenvalue weighted by Crippen LogP contribution is 2.33. The molecule has 0 aromatic carbocycles. The van der Waals surface area contributed by atoms with Crippen molar-refractivity contribution in [2.24, 2.45) is 27.9 Å². The van der Waals surface area contributed by atoms with E-state index in [1.165, 1.54) is 0 Å². The molecule has 4 rings (SSSR count). The van der Waals surface area contributed by atoms with Gasteiger partial charge in [0, 0.05) is 19.1 Å². The first-order chi connectivity index (χ1) is 20.4. The summed E-state index contributed by atoms with van der Waals surface area (Å²) in [4.78, 5) is 4.41. The van der Waals surface area contributed by atoms with E-state index in [1.807, 2.05) is 0 Å². The summed E-state index contributed by atoms with van der Waals surface area (Å²) < 4.78 is 28.8. The lowest BCUT2D eigenvalue weighted by molar-refractivity contribution is -0.313. The van der Waals surface area contributed by atoms with E-state index in [-0.39, 0.29) is 44.7 Å². The van der Waals surface area contributed by atoms with Crippen molar-refractivity contribution in [1.82, 2.24) is 5.32 Å². The van der Waals surface area contributed by atoms with Gasteiger partial charge in [-0.25, -0.2) is 0 Å². The molecule has 0 amide bonds. The van der Waals surface area contributed by atoms with Crippen molar-refractivity contribution in [1.29, 1.82) is 0 Å². The van der Waals surface area contributed by atoms with Gasteiger partial charge in [-0.05, 0) is 19.3 Å². The van der Waals surface area contributed by atoms with Gasteiger partial charge in [-0.2, -0.15) is 0 Å². The third-order valence-electron chi connectivity index (χ3n) is 8.43. The molecule has 1 saturated carbocycles. The molecule has 3 aliphatic heterocycles. The topological polar surface area (TPSA) is 316 Å². The monoisotopic (exact) mass is 624 g/mol. The van der Waals surface area contributed by atoms with Gasteiger partial charge in [0.05, 0.1) is 56.8 Å². The third-order valence-corrected chi connectivity index (χ3v) is 8.43. The van der Waals surface area contributed by atoms with Crippen molar-refractivity contribution >= 4 is 5.84 Å². The van der Waals surface area contributed by atoms with Crippen LogP contribution in [0, 0.1) is 0 Å². The van der Waals surface area contributed by atoms with Crippen LogP contribution in [0.15, 0.2) is 4.99 Å². The van der Waals surface area contributed by atoms with E-state index in [1.54, 1.807) is 0 Å². The fourth-order valence-corrected chi connectivity index (χ4v) is 5.61. The number of amidine groups is 1. The van der Waals surface area contributed by atoms with Crippen molar-refractivity contribution in [2.75, 3.05) is 39.5 Å². The average molecular weight is 625 g/mol. The summed E-state index contributed by atoms with van der Waals surface area (Å²) in [6, 6.07) is -3.56. The first-order valence-electron chi connectivity index (χ1n) is 14.6. The average Bonchev–Trinajstić information content (AvgIpc) is 2.96. The maximum Gasteiger partial charge on any atom is 0.186 e. The number of nitrogens with two attached hydrogens (primary N) is 4. The van der Waals surface area contributed by atoms with Crippen LogP contribution in [0.5, 0.6) is 0 Å². The predicted octanol–water partition coefficient (Wildman–Crippen LogP) is -7.12. The molecule has 8 unspecified atom stereocenters. The maximum absolute atomic E-state index is 11.6. The lowest BCUT2D eigenvalue weighted by atomic mass is 9.83. The molecule has 0 bridgehead atoms. The van der Waals surface area contributed by atoms with Crippen LogP contribution in [0.4, 0.5) is 0 Å². The Morgan fingerprint density at radius 3 is 2.28 bits per heavy atom. The van der Waals surface area contributed by atoms with Crippen LogP contribution in [0.25, 0.3) is 0 Å². The van der Waals surface area contributed by atoms with Gasteiger partial charge >= 0.3 is 0 Å². The fourth-order valence-electron chi connectivity index (χ4n) is 5.61. The van der Waals surface area contributed by atoms with E-state index in [0.717, 1.165) is 0 Å². The van der Waals surface area contributed by atoms with Crippen LogP contribution in [0.3, 0.4) is 0 Å². The first kappa shape index (κ1) is 34.7. The summed E-state index contributed by atoms with van der Waals surface area (Å²) in [5, 5.41) is 74.3. The highest BCUT2D eigenvalue weighted by molar-refractivity contribution is 5.90. The van der Waals surface area contributed by atoms with E-state index in [2.05, 4.69) is 10.3 Å². The normalized spacial score (nSPS) is 44.5. The lowest BCUT2D eigenvalue weighted by Gasteiger charge is -2.48. The second-order valence-electron chi connectivity index (χ2n) is 11.8. The number of hydrogen-bond acceptors (Lipinski definition) is 17. The summed E-state index contributed by atoms with van der Waals surface area (Å²) in [6.07, 6.45) is -10.5. The van der Waals surface area contributed by atoms with Gasteiger partial charge in [0.2, 0.25) is 0 Å². The summed E-state index contributed by atoms with van der Waals surface area (Å²) in [5.41, 5.74) is 23.3. The van der Waals surface area contributed by atoms with Gasteiger partial charge in [0.15, 0.2) is 18.2 Å². The molecule has 0 aromatic heterocycles. The Morgan fingerprint density at radius 1 is 0.953 bits per heavy atom. The summed E-state index contributed by atoms with van der Waals surface area (Å²) in [6.45, 7) is -0.608. The second kappa shape index (κ2) is 14.9. The molecule has 14 atom stereocenters. The fraction of sp³-hybridized carbons (Fsp3) is 0.960. The van der Waals surface area contributed by atoms with Crippen LogP contribution in [0.2, 0.25) is 0 Å². The van der Waals surface area contributed by atoms with E-state index in [0.29, 0.717) is 19.4 Å². The molecule has 3 saturated heterocycles. The van der Waals surface area contributed by atoms with Crippen molar-refractivity contribution in [2.45, 2.75) is 110 Å². The molecule has 1 aliphatic carbocycles. The van der Waals surface area contributed by atoms with Gasteiger partial charge in [0.25, 0.3) is 0 Å². The van der Waals surface area contributed by atoms with Crippen molar-refractivity contribution in [3.63, 3.8) is 0 Å². The van der Waals surface area contributed by atoms with Gasteiger partial charge < -0.3 is 87.7 Å². The molecule has 0 aromatic rings. The van der Waals surface area contributed by atoms with Gasteiger partial charge in [-0.1, -0.05) is 0 Å². The number of aliphatic hydroxyl groups is 7. The lowest BCUT2D eigenvalue weighted by Crippen LogP contribution is -2.67. The molecule has 4 fully saturated rings. The zero-order valence-electron chi connectivity index (χ0n) is 23.9. The number of ether oxygens (including phenoxy) is 5. The minimum absolute atomic E-state index is 0.0525. The Kier molecular flexibility index (Phi) is 12.1. The Bertz CT molecular complexity index is 918. The second-order valence-corrected chi connectivity index (χ2v) is 11.8. The number of hydrogen-bond donors (Lipinski definition) is 12. The van der Waals surface area contributed by atoms with E-state index in [4.69, 9.17) is 51.7 Å². The third kappa shape index (κ3) is 7.98. The van der Waals surface area contributed by atoms with Gasteiger partial charge in [-0.15, -0.1) is 0 Å². The Balaban J connectivity index is 1.51. The molecule has 18 nitrogen and oxygen atoms in total. The molecule has 250 valence electrons. The predicted molar refractivity (Wildman–Crippen MR) is 147 cm³/mol. The molecule has 0 radical (unpaired) electrons. The number of aliphatic imine (C=N–C) groups is 1. The summed E-state index contributed by atoms with van der Waals surface area (Å²) in [7, 11) is 0. The zero-order chi connectivity index (χ0) is 31.5. The number of rotatable bonds is 12. The largest absolute Gasteiger partial charge is 0.394 e. The first-order valence-corrected chi connectivity index (χ1v) is 14.6. The Labute approximate surface area is 248 Å². The molecule has 18 heteroatoms. The van der Waals surface area contributed by atoms with Crippen molar-refractivity contribution in [3.05, 3.63) is 0 Å². The van der Waals surface area contributed by atoms with Crippen LogP contribution >= 0.6 is 0 Å². The highest BCUT2D eigenvalue weighted by Gasteiger charge is 2.51. The summed E-state index contributed by atoms with van der Waals surface area (Å²) in [5.74, 6) is -0.152. The minimum atomic E-state index is -1.54. The van der Waals surface area contributed by atoms with Crippen LogP contribution in [-0.2, 0) is 23.7 Å². The molecule has 16 N–H and O–H groups in total. The van der Waals surface area contributed by atoms with Gasteiger partial charge in [0.1, 0.15) is 42.5 Å². The molecular weight excluding hydrogens is 576 g/mol. The Morgan fingerprint density at radius 2 is 1.65 bits per heavy atom. The zero-order valence-corrected chi connectivity index (χ0v) is 23.9. The smallest absolute Gasteiger partial charge is 0.186 e. The van der Waals surface area contributed by atoms with Gasteiger partial charge in [-0.3, -0.25) is 4.99 Å². The van der Waals surface area contributed by atoms with Crippen LogP contribution in [0.1, 0.15) is 19.3 Å². The minimum Gasteiger partial charge on any atom is -0.394 e. The van der Waals surface area contributed by atoms with E-state index in [9.17, 15) is 30.6 Å². The molecule has 43 heavy (non-hydrogen) atoms. The quantitative estimate of drug-likeness (QED) is 0.0708. The molecule has 0 spiro atoms. The number of nitrogens with zero attached hydrogens (tertiary/aromatic N) is 1. The number of nitrogens with one attached hydrogen (secondary N) is 1. The summed E-state index contributed by atoms with van der Waals surface area (Å²) >= 11 is 0. The molecular formula is C25H48N6O12. The maximum atomic E-state index is 11.6. The van der Waals surface area contributed by atoms with Crippen molar-refractivity contribution < 1.29 is 59.4 Å². The molecule has 3 heterocycles. The van der Waals surface area contributed by atoms with E-state index < -0.39 is 91.7 Å². The SMILES string of the molecule is NC(=N[C@@H]1C[C@H](N)C(O[C@H]2O[C@H](CNCC(O)CO)CCC2N)C(O)C1O[C@H]1OC(CO)C(O)[C@H](N)C1O)C1(O)COC1.